The number of aromatic nitrogens is 1. The molecule has 2 aromatic rings. The predicted molar refractivity (Wildman–Crippen MR) is 108 cm³/mol. The Kier molecular flexibility index (Phi) is 9.50. The first-order chi connectivity index (χ1) is 11.7. The molecular formula is C18H24Cl2FN3OS. The number of amides is 1. The van der Waals surface area contributed by atoms with Crippen LogP contribution in [0.2, 0.25) is 0 Å². The van der Waals surface area contributed by atoms with E-state index in [9.17, 15) is 9.18 Å². The summed E-state index contributed by atoms with van der Waals surface area (Å²) in [6.45, 7) is 4.67. The second kappa shape index (κ2) is 10.8. The van der Waals surface area contributed by atoms with Crippen LogP contribution in [-0.2, 0) is 6.42 Å². The lowest BCUT2D eigenvalue weighted by Gasteiger charge is -2.27. The summed E-state index contributed by atoms with van der Waals surface area (Å²) in [5, 5.41) is 6.04. The minimum atomic E-state index is -0.242. The van der Waals surface area contributed by atoms with Crippen molar-refractivity contribution < 1.29 is 9.18 Å². The summed E-state index contributed by atoms with van der Waals surface area (Å²) >= 11 is 1.49. The summed E-state index contributed by atoms with van der Waals surface area (Å²) in [5.74, 6) is -0.221. The first kappa shape index (κ1) is 22.8. The second-order valence-corrected chi connectivity index (χ2v) is 7.02. The van der Waals surface area contributed by atoms with Gasteiger partial charge in [-0.25, -0.2) is 9.37 Å². The lowest BCUT2D eigenvalue weighted by Crippen LogP contribution is -2.42. The highest BCUT2D eigenvalue weighted by Crippen LogP contribution is 2.19. The van der Waals surface area contributed by atoms with Gasteiger partial charge in [-0.2, -0.15) is 0 Å². The molecule has 0 radical (unpaired) electrons. The molecule has 1 amide bonds. The molecule has 8 heteroatoms. The number of carbonyl (C=O) groups excluding carboxylic acids is 1. The van der Waals surface area contributed by atoms with Crippen molar-refractivity contribution in [3.63, 3.8) is 0 Å². The van der Waals surface area contributed by atoms with Gasteiger partial charge >= 0.3 is 0 Å². The molecule has 2 heterocycles. The van der Waals surface area contributed by atoms with Gasteiger partial charge in [0.05, 0.1) is 5.01 Å². The topological polar surface area (TPSA) is 45.2 Å². The zero-order valence-electron chi connectivity index (χ0n) is 14.6. The Hall–Kier alpha value is -1.21. The van der Waals surface area contributed by atoms with E-state index in [1.165, 1.54) is 23.5 Å². The zero-order chi connectivity index (χ0) is 16.9. The van der Waals surface area contributed by atoms with Gasteiger partial charge in [0.25, 0.3) is 5.91 Å². The van der Waals surface area contributed by atoms with Crippen molar-refractivity contribution in [2.75, 3.05) is 19.6 Å². The lowest BCUT2D eigenvalue weighted by molar-refractivity contribution is 0.0687. The van der Waals surface area contributed by atoms with Crippen molar-refractivity contribution in [3.8, 4) is 0 Å². The maximum Gasteiger partial charge on any atom is 0.273 e. The van der Waals surface area contributed by atoms with Gasteiger partial charge in [-0.3, -0.25) is 4.79 Å². The molecule has 1 aromatic carbocycles. The SMILES string of the molecule is CCCN(C(=O)c1csc(Cc2ccc(F)cc2)n1)C1CCNC1.Cl.Cl. The maximum absolute atomic E-state index is 13.0. The van der Waals surface area contributed by atoms with Crippen LogP contribution in [0.4, 0.5) is 4.39 Å². The molecule has 0 bridgehead atoms. The Morgan fingerprint density at radius 1 is 1.35 bits per heavy atom. The number of hydrogen-bond acceptors (Lipinski definition) is 4. The molecule has 26 heavy (non-hydrogen) atoms. The molecular weight excluding hydrogens is 396 g/mol. The van der Waals surface area contributed by atoms with Gasteiger partial charge in [0.1, 0.15) is 11.5 Å². The van der Waals surface area contributed by atoms with Gasteiger partial charge in [-0.1, -0.05) is 19.1 Å². The predicted octanol–water partition coefficient (Wildman–Crippen LogP) is 3.93. The van der Waals surface area contributed by atoms with E-state index in [4.69, 9.17) is 0 Å². The molecule has 3 rings (SSSR count). The largest absolute Gasteiger partial charge is 0.333 e. The number of benzene rings is 1. The van der Waals surface area contributed by atoms with Crippen molar-refractivity contribution in [1.29, 1.82) is 0 Å². The number of nitrogens with zero attached hydrogens (tertiary/aromatic N) is 2. The third kappa shape index (κ3) is 5.64. The van der Waals surface area contributed by atoms with Crippen LogP contribution in [0.15, 0.2) is 29.6 Å². The van der Waals surface area contributed by atoms with Gasteiger partial charge in [-0.05, 0) is 37.1 Å². The number of rotatable bonds is 6. The Morgan fingerprint density at radius 2 is 2.08 bits per heavy atom. The Morgan fingerprint density at radius 3 is 2.69 bits per heavy atom. The fourth-order valence-electron chi connectivity index (χ4n) is 3.01. The second-order valence-electron chi connectivity index (χ2n) is 6.07. The van der Waals surface area contributed by atoms with E-state index in [0.29, 0.717) is 12.1 Å². The van der Waals surface area contributed by atoms with Crippen LogP contribution in [0.3, 0.4) is 0 Å². The third-order valence-corrected chi connectivity index (χ3v) is 5.09. The summed E-state index contributed by atoms with van der Waals surface area (Å²) in [6.07, 6.45) is 2.56. The van der Waals surface area contributed by atoms with Gasteiger partial charge in [-0.15, -0.1) is 36.2 Å². The monoisotopic (exact) mass is 419 g/mol. The smallest absolute Gasteiger partial charge is 0.273 e. The fourth-order valence-corrected chi connectivity index (χ4v) is 3.81. The molecule has 1 aliphatic rings. The zero-order valence-corrected chi connectivity index (χ0v) is 17.1. The normalized spacial score (nSPS) is 15.8. The van der Waals surface area contributed by atoms with E-state index in [1.807, 2.05) is 10.3 Å². The van der Waals surface area contributed by atoms with Crippen molar-refractivity contribution in [1.82, 2.24) is 15.2 Å². The van der Waals surface area contributed by atoms with Gasteiger partial charge in [0, 0.05) is 30.9 Å². The average molecular weight is 420 g/mol. The molecule has 4 nitrogen and oxygen atoms in total. The van der Waals surface area contributed by atoms with Crippen molar-refractivity contribution in [2.45, 2.75) is 32.2 Å². The molecule has 1 N–H and O–H groups in total. The van der Waals surface area contributed by atoms with E-state index in [0.717, 1.165) is 43.0 Å². The molecule has 1 fully saturated rings. The molecule has 1 aliphatic heterocycles. The van der Waals surface area contributed by atoms with Gasteiger partial charge in [0.2, 0.25) is 0 Å². The van der Waals surface area contributed by atoms with E-state index >= 15 is 0 Å². The summed E-state index contributed by atoms with van der Waals surface area (Å²) < 4.78 is 13.0. The van der Waals surface area contributed by atoms with E-state index in [1.54, 1.807) is 12.1 Å². The van der Waals surface area contributed by atoms with Crippen LogP contribution in [0, 0.1) is 5.82 Å². The number of hydrogen-bond donors (Lipinski definition) is 1. The highest BCUT2D eigenvalue weighted by Gasteiger charge is 2.27. The number of halogens is 3. The molecule has 1 atom stereocenters. The quantitative estimate of drug-likeness (QED) is 0.770. The maximum atomic E-state index is 13.0. The molecule has 1 unspecified atom stereocenters. The highest BCUT2D eigenvalue weighted by atomic mass is 35.5. The summed E-state index contributed by atoms with van der Waals surface area (Å²) in [7, 11) is 0. The Bertz CT molecular complexity index is 690. The third-order valence-electron chi connectivity index (χ3n) is 4.24. The highest BCUT2D eigenvalue weighted by molar-refractivity contribution is 7.09. The number of carbonyl (C=O) groups is 1. The fraction of sp³-hybridized carbons (Fsp3) is 0.444. The number of thiazole rings is 1. The molecule has 0 saturated carbocycles. The summed E-state index contributed by atoms with van der Waals surface area (Å²) in [5.41, 5.74) is 1.52. The summed E-state index contributed by atoms with van der Waals surface area (Å²) in [6, 6.07) is 6.67. The van der Waals surface area contributed by atoms with E-state index < -0.39 is 0 Å². The van der Waals surface area contributed by atoms with Gasteiger partial charge in [0.15, 0.2) is 0 Å². The first-order valence-electron chi connectivity index (χ1n) is 8.38. The molecule has 1 aromatic heterocycles. The first-order valence-corrected chi connectivity index (χ1v) is 9.26. The standard InChI is InChI=1S/C18H22FN3OS.2ClH/c1-2-9-22(15-7-8-20-11-15)18(23)16-12-24-17(21-16)10-13-3-5-14(19)6-4-13;;/h3-6,12,15,20H,2,7-11H2,1H3;2*1H. The van der Waals surface area contributed by atoms with Crippen molar-refractivity contribution in [2.24, 2.45) is 0 Å². The molecule has 0 spiro atoms. The van der Waals surface area contributed by atoms with Crippen molar-refractivity contribution >= 4 is 42.1 Å². The lowest BCUT2D eigenvalue weighted by atomic mass is 10.1. The molecule has 0 aliphatic carbocycles. The average Bonchev–Trinajstić information content (AvgIpc) is 3.26. The van der Waals surface area contributed by atoms with Gasteiger partial charge < -0.3 is 10.2 Å². The molecule has 144 valence electrons. The van der Waals surface area contributed by atoms with E-state index in [-0.39, 0.29) is 42.6 Å². The van der Waals surface area contributed by atoms with Crippen LogP contribution >= 0.6 is 36.2 Å². The molecule has 1 saturated heterocycles. The van der Waals surface area contributed by atoms with E-state index in [2.05, 4.69) is 17.2 Å². The van der Waals surface area contributed by atoms with Crippen LogP contribution in [0.5, 0.6) is 0 Å². The van der Waals surface area contributed by atoms with Crippen LogP contribution in [-0.4, -0.2) is 41.5 Å². The van der Waals surface area contributed by atoms with Crippen LogP contribution in [0.1, 0.15) is 40.8 Å². The minimum Gasteiger partial charge on any atom is -0.333 e. The van der Waals surface area contributed by atoms with Crippen LogP contribution in [0.25, 0.3) is 0 Å². The summed E-state index contributed by atoms with van der Waals surface area (Å²) in [4.78, 5) is 19.3. The van der Waals surface area contributed by atoms with Crippen molar-refractivity contribution in [3.05, 3.63) is 51.7 Å². The Labute approximate surface area is 170 Å². The minimum absolute atomic E-state index is 0. The van der Waals surface area contributed by atoms with Crippen LogP contribution < -0.4 is 5.32 Å². The number of nitrogens with one attached hydrogen (secondary N) is 1. The Balaban J connectivity index is 0.00000169.